The predicted molar refractivity (Wildman–Crippen MR) is 86.1 cm³/mol. The van der Waals surface area contributed by atoms with Crippen molar-refractivity contribution >= 4 is 5.78 Å². The molecule has 1 N–H and O–H groups in total. The molecule has 0 spiro atoms. The quantitative estimate of drug-likeness (QED) is 0.792. The molecule has 0 amide bonds. The zero-order chi connectivity index (χ0) is 17.3. The molecule has 23 heavy (non-hydrogen) atoms. The van der Waals surface area contributed by atoms with Crippen molar-refractivity contribution in [2.75, 3.05) is 0 Å². The molecular weight excluding hydrogens is 298 g/mol. The summed E-state index contributed by atoms with van der Waals surface area (Å²) in [5.41, 5.74) is 1.39. The normalized spacial score (nSPS) is 11.3. The fraction of sp³-hybridized carbons (Fsp3) is 0.316. The van der Waals surface area contributed by atoms with E-state index in [0.29, 0.717) is 22.8 Å². The molecule has 0 bridgehead atoms. The maximum atomic E-state index is 13.9. The van der Waals surface area contributed by atoms with E-state index in [1.54, 1.807) is 12.1 Å². The first kappa shape index (κ1) is 17.1. The molecule has 2 nitrogen and oxygen atoms in total. The minimum absolute atomic E-state index is 0.0123. The van der Waals surface area contributed by atoms with Crippen molar-refractivity contribution in [1.29, 1.82) is 0 Å². The SMILES string of the molecule is CC(C)c1cc(C(=O)c2ccc(F)cc2F)cc(C(C)C)c1O. The van der Waals surface area contributed by atoms with Crippen molar-refractivity contribution in [2.45, 2.75) is 39.5 Å². The summed E-state index contributed by atoms with van der Waals surface area (Å²) in [6.07, 6.45) is 0. The van der Waals surface area contributed by atoms with Crippen LogP contribution in [0.3, 0.4) is 0 Å². The summed E-state index contributed by atoms with van der Waals surface area (Å²) >= 11 is 0. The highest BCUT2D eigenvalue weighted by atomic mass is 19.1. The number of carbonyl (C=O) groups is 1. The maximum absolute atomic E-state index is 13.9. The Labute approximate surface area is 134 Å². The molecule has 0 unspecified atom stereocenters. The van der Waals surface area contributed by atoms with Gasteiger partial charge >= 0.3 is 0 Å². The number of phenols is 1. The maximum Gasteiger partial charge on any atom is 0.195 e. The highest BCUT2D eigenvalue weighted by Crippen LogP contribution is 2.35. The number of aromatic hydroxyl groups is 1. The van der Waals surface area contributed by atoms with Crippen molar-refractivity contribution in [3.05, 3.63) is 64.2 Å². The van der Waals surface area contributed by atoms with E-state index in [1.807, 2.05) is 27.7 Å². The Morgan fingerprint density at radius 2 is 1.48 bits per heavy atom. The third kappa shape index (κ3) is 3.41. The van der Waals surface area contributed by atoms with Gasteiger partial charge < -0.3 is 5.11 Å². The summed E-state index contributed by atoms with van der Waals surface area (Å²) in [5.74, 6) is -1.94. The van der Waals surface area contributed by atoms with Gasteiger partial charge in [-0.25, -0.2) is 8.78 Å². The highest BCUT2D eigenvalue weighted by Gasteiger charge is 2.20. The summed E-state index contributed by atoms with van der Waals surface area (Å²) in [7, 11) is 0. The van der Waals surface area contributed by atoms with Crippen LogP contribution in [0.15, 0.2) is 30.3 Å². The molecule has 0 heterocycles. The van der Waals surface area contributed by atoms with Crippen LogP contribution in [0, 0.1) is 11.6 Å². The van der Waals surface area contributed by atoms with Gasteiger partial charge in [-0.3, -0.25) is 4.79 Å². The van der Waals surface area contributed by atoms with Crippen LogP contribution in [-0.2, 0) is 0 Å². The van der Waals surface area contributed by atoms with Gasteiger partial charge in [0.1, 0.15) is 17.4 Å². The molecule has 0 saturated heterocycles. The van der Waals surface area contributed by atoms with Crippen LogP contribution in [0.4, 0.5) is 8.78 Å². The van der Waals surface area contributed by atoms with Crippen molar-refractivity contribution in [2.24, 2.45) is 0 Å². The van der Waals surface area contributed by atoms with Crippen LogP contribution in [0.2, 0.25) is 0 Å². The van der Waals surface area contributed by atoms with E-state index in [4.69, 9.17) is 0 Å². The largest absolute Gasteiger partial charge is 0.507 e. The number of phenolic OH excluding ortho intramolecular Hbond substituents is 1. The topological polar surface area (TPSA) is 37.3 Å². The first-order chi connectivity index (χ1) is 10.7. The van der Waals surface area contributed by atoms with E-state index in [2.05, 4.69) is 0 Å². The summed E-state index contributed by atoms with van der Waals surface area (Å²) in [6.45, 7) is 7.63. The first-order valence-electron chi connectivity index (χ1n) is 7.59. The molecule has 4 heteroatoms. The molecule has 2 aromatic rings. The Morgan fingerprint density at radius 1 is 0.957 bits per heavy atom. The summed E-state index contributed by atoms with van der Waals surface area (Å²) in [6, 6.07) is 6.06. The van der Waals surface area contributed by atoms with Crippen molar-refractivity contribution < 1.29 is 18.7 Å². The van der Waals surface area contributed by atoms with Crippen molar-refractivity contribution in [1.82, 2.24) is 0 Å². The van der Waals surface area contributed by atoms with E-state index in [-0.39, 0.29) is 23.1 Å². The van der Waals surface area contributed by atoms with Gasteiger partial charge in [-0.2, -0.15) is 0 Å². The second kappa shape index (κ2) is 6.49. The van der Waals surface area contributed by atoms with Crippen molar-refractivity contribution in [3.8, 4) is 5.75 Å². The summed E-state index contributed by atoms with van der Waals surface area (Å²) in [5, 5.41) is 10.4. The number of halogens is 2. The van der Waals surface area contributed by atoms with Gasteiger partial charge in [0.2, 0.25) is 0 Å². The lowest BCUT2D eigenvalue weighted by Crippen LogP contribution is -2.08. The molecule has 0 fully saturated rings. The lowest BCUT2D eigenvalue weighted by atomic mass is 9.89. The van der Waals surface area contributed by atoms with E-state index in [0.717, 1.165) is 12.1 Å². The van der Waals surface area contributed by atoms with E-state index in [9.17, 15) is 18.7 Å². The van der Waals surface area contributed by atoms with Crippen LogP contribution in [0.1, 0.15) is 66.6 Å². The molecule has 122 valence electrons. The molecular formula is C19H20F2O2. The standard InChI is InChI=1S/C19H20F2O2/c1-10(2)15-7-12(8-16(11(3)4)19(15)23)18(22)14-6-5-13(20)9-17(14)21/h5-11,23H,1-4H3. The predicted octanol–water partition coefficient (Wildman–Crippen LogP) is 5.15. The molecule has 0 aliphatic rings. The Kier molecular flexibility index (Phi) is 4.83. The van der Waals surface area contributed by atoms with E-state index < -0.39 is 17.4 Å². The molecule has 0 radical (unpaired) electrons. The fourth-order valence-electron chi connectivity index (χ4n) is 2.52. The van der Waals surface area contributed by atoms with Crippen LogP contribution < -0.4 is 0 Å². The number of carbonyl (C=O) groups excluding carboxylic acids is 1. The average Bonchev–Trinajstić information content (AvgIpc) is 2.46. The molecule has 0 saturated carbocycles. The number of benzene rings is 2. The Morgan fingerprint density at radius 3 is 1.91 bits per heavy atom. The Bertz CT molecular complexity index is 720. The second-order valence-corrected chi connectivity index (χ2v) is 6.27. The Balaban J connectivity index is 2.60. The van der Waals surface area contributed by atoms with Crippen LogP contribution >= 0.6 is 0 Å². The fourth-order valence-corrected chi connectivity index (χ4v) is 2.52. The van der Waals surface area contributed by atoms with Crippen LogP contribution in [0.5, 0.6) is 5.75 Å². The zero-order valence-electron chi connectivity index (χ0n) is 13.7. The molecule has 2 aromatic carbocycles. The molecule has 2 rings (SSSR count). The number of hydrogen-bond donors (Lipinski definition) is 1. The number of hydrogen-bond acceptors (Lipinski definition) is 2. The average molecular weight is 318 g/mol. The van der Waals surface area contributed by atoms with Gasteiger partial charge in [-0.15, -0.1) is 0 Å². The van der Waals surface area contributed by atoms with Crippen LogP contribution in [-0.4, -0.2) is 10.9 Å². The third-order valence-electron chi connectivity index (χ3n) is 3.85. The Hall–Kier alpha value is -2.23. The van der Waals surface area contributed by atoms with E-state index in [1.165, 1.54) is 0 Å². The minimum atomic E-state index is -0.889. The van der Waals surface area contributed by atoms with Crippen molar-refractivity contribution in [3.63, 3.8) is 0 Å². The van der Waals surface area contributed by atoms with Gasteiger partial charge in [0, 0.05) is 11.6 Å². The third-order valence-corrected chi connectivity index (χ3v) is 3.85. The highest BCUT2D eigenvalue weighted by molar-refractivity contribution is 6.09. The summed E-state index contributed by atoms with van der Waals surface area (Å²) in [4.78, 5) is 12.6. The monoisotopic (exact) mass is 318 g/mol. The second-order valence-electron chi connectivity index (χ2n) is 6.27. The van der Waals surface area contributed by atoms with Crippen LogP contribution in [0.25, 0.3) is 0 Å². The molecule has 0 aliphatic carbocycles. The molecule has 0 aromatic heterocycles. The van der Waals surface area contributed by atoms with Gasteiger partial charge in [0.15, 0.2) is 5.78 Å². The lowest BCUT2D eigenvalue weighted by molar-refractivity contribution is 0.103. The smallest absolute Gasteiger partial charge is 0.195 e. The summed E-state index contributed by atoms with van der Waals surface area (Å²) < 4.78 is 26.9. The molecule has 0 atom stereocenters. The van der Waals surface area contributed by atoms with Gasteiger partial charge in [0.25, 0.3) is 0 Å². The van der Waals surface area contributed by atoms with Gasteiger partial charge in [0.05, 0.1) is 5.56 Å². The first-order valence-corrected chi connectivity index (χ1v) is 7.59. The molecule has 0 aliphatic heterocycles. The van der Waals surface area contributed by atoms with E-state index >= 15 is 0 Å². The van der Waals surface area contributed by atoms with Gasteiger partial charge in [-0.05, 0) is 47.2 Å². The minimum Gasteiger partial charge on any atom is -0.507 e. The van der Waals surface area contributed by atoms with Gasteiger partial charge in [-0.1, -0.05) is 27.7 Å². The lowest BCUT2D eigenvalue weighted by Gasteiger charge is -2.17. The number of rotatable bonds is 4. The zero-order valence-corrected chi connectivity index (χ0v) is 13.7. The number of ketones is 1.